The molecular weight excluding hydrogens is 184 g/mol. The molecule has 0 radical (unpaired) electrons. The average molecular weight is 193 g/mol. The fourth-order valence-corrected chi connectivity index (χ4v) is 2.24. The number of benzene rings is 1. The molecule has 1 aromatic carbocycles. The molecule has 1 N–H and O–H groups in total. The molecule has 0 atom stereocenters. The molecule has 0 aliphatic heterocycles. The lowest BCUT2D eigenvalue weighted by molar-refractivity contribution is 0.510. The Bertz CT molecular complexity index is 513. The molecule has 72 valence electrons. The average Bonchev–Trinajstić information content (AvgIpc) is 2.68. The van der Waals surface area contributed by atoms with Crippen LogP contribution in [0.1, 0.15) is 17.7 Å². The zero-order valence-electron chi connectivity index (χ0n) is 7.53. The number of fused-ring (bicyclic) bond motifs is 3. The summed E-state index contributed by atoms with van der Waals surface area (Å²) in [5.74, 6) is -1.54. The fraction of sp³-hybridized carbons (Fsp3) is 0.273. The number of aromatic amines is 1. The highest BCUT2D eigenvalue weighted by atomic mass is 19.2. The Balaban J connectivity index is 2.39. The number of aromatic nitrogens is 1. The monoisotopic (exact) mass is 193 g/mol. The highest BCUT2D eigenvalue weighted by molar-refractivity contribution is 5.85. The van der Waals surface area contributed by atoms with Crippen LogP contribution >= 0.6 is 0 Å². The summed E-state index contributed by atoms with van der Waals surface area (Å²) in [4.78, 5) is 3.14. The summed E-state index contributed by atoms with van der Waals surface area (Å²) in [6.45, 7) is 0. The lowest BCUT2D eigenvalue weighted by Crippen LogP contribution is -1.84. The van der Waals surface area contributed by atoms with E-state index >= 15 is 0 Å². The van der Waals surface area contributed by atoms with Gasteiger partial charge in [0.25, 0.3) is 0 Å². The van der Waals surface area contributed by atoms with Gasteiger partial charge in [-0.25, -0.2) is 8.78 Å². The van der Waals surface area contributed by atoms with Gasteiger partial charge in [-0.05, 0) is 30.9 Å². The van der Waals surface area contributed by atoms with Crippen molar-refractivity contribution < 1.29 is 8.78 Å². The number of nitrogens with one attached hydrogen (secondary N) is 1. The SMILES string of the molecule is Fc1cc2[nH]c3c(c2cc1F)CCC3. The van der Waals surface area contributed by atoms with Crippen LogP contribution in [0.15, 0.2) is 12.1 Å². The zero-order valence-corrected chi connectivity index (χ0v) is 7.53. The molecule has 3 heteroatoms. The Morgan fingerprint density at radius 1 is 1.07 bits per heavy atom. The van der Waals surface area contributed by atoms with Crippen LogP contribution < -0.4 is 0 Å². The molecule has 0 amide bonds. The van der Waals surface area contributed by atoms with Crippen molar-refractivity contribution in [2.24, 2.45) is 0 Å². The van der Waals surface area contributed by atoms with Gasteiger partial charge in [0.1, 0.15) is 0 Å². The smallest absolute Gasteiger partial charge is 0.160 e. The first-order valence-electron chi connectivity index (χ1n) is 4.74. The zero-order chi connectivity index (χ0) is 9.71. The number of hydrogen-bond acceptors (Lipinski definition) is 0. The highest BCUT2D eigenvalue weighted by Crippen LogP contribution is 2.30. The molecule has 0 saturated carbocycles. The molecule has 0 saturated heterocycles. The number of aryl methyl sites for hydroxylation is 2. The molecule has 14 heavy (non-hydrogen) atoms. The number of hydrogen-bond donors (Lipinski definition) is 1. The van der Waals surface area contributed by atoms with Crippen LogP contribution in [-0.4, -0.2) is 4.98 Å². The molecule has 1 aromatic heterocycles. The van der Waals surface area contributed by atoms with Gasteiger partial charge in [-0.15, -0.1) is 0 Å². The van der Waals surface area contributed by atoms with E-state index in [-0.39, 0.29) is 0 Å². The second kappa shape index (κ2) is 2.56. The summed E-state index contributed by atoms with van der Waals surface area (Å²) in [6.07, 6.45) is 3.07. The predicted octanol–water partition coefficient (Wildman–Crippen LogP) is 2.93. The van der Waals surface area contributed by atoms with Crippen molar-refractivity contribution >= 4 is 10.9 Å². The third kappa shape index (κ3) is 0.924. The van der Waals surface area contributed by atoms with Gasteiger partial charge in [0.05, 0.1) is 0 Å². The molecule has 0 spiro atoms. The van der Waals surface area contributed by atoms with Crippen molar-refractivity contribution in [3.8, 4) is 0 Å². The first kappa shape index (κ1) is 7.97. The second-order valence-corrected chi connectivity index (χ2v) is 3.75. The summed E-state index contributed by atoms with van der Waals surface area (Å²) in [6, 6.07) is 2.54. The van der Waals surface area contributed by atoms with E-state index in [1.165, 1.54) is 17.7 Å². The lowest BCUT2D eigenvalue weighted by Gasteiger charge is -1.95. The Hall–Kier alpha value is -1.38. The first-order chi connectivity index (χ1) is 6.75. The Labute approximate surface area is 79.7 Å². The van der Waals surface area contributed by atoms with Gasteiger partial charge in [-0.3, -0.25) is 0 Å². The van der Waals surface area contributed by atoms with Crippen LogP contribution in [0.3, 0.4) is 0 Å². The minimum absolute atomic E-state index is 0.716. The van der Waals surface area contributed by atoms with E-state index in [0.717, 1.165) is 30.3 Å². The van der Waals surface area contributed by atoms with Crippen LogP contribution in [0.5, 0.6) is 0 Å². The molecule has 2 aromatic rings. The van der Waals surface area contributed by atoms with E-state index in [2.05, 4.69) is 4.98 Å². The van der Waals surface area contributed by atoms with Gasteiger partial charge >= 0.3 is 0 Å². The van der Waals surface area contributed by atoms with Gasteiger partial charge in [0, 0.05) is 22.7 Å². The molecule has 0 unspecified atom stereocenters. The van der Waals surface area contributed by atoms with Gasteiger partial charge < -0.3 is 4.98 Å². The molecular formula is C11H9F2N. The number of rotatable bonds is 0. The Kier molecular flexibility index (Phi) is 1.46. The summed E-state index contributed by atoms with van der Waals surface area (Å²) in [5.41, 5.74) is 3.03. The van der Waals surface area contributed by atoms with Gasteiger partial charge in [-0.1, -0.05) is 0 Å². The van der Waals surface area contributed by atoms with Crippen LogP contribution in [0.25, 0.3) is 10.9 Å². The van der Waals surface area contributed by atoms with Crippen LogP contribution in [0.4, 0.5) is 8.78 Å². The van der Waals surface area contributed by atoms with E-state index in [4.69, 9.17) is 0 Å². The normalized spacial score (nSPS) is 15.0. The van der Waals surface area contributed by atoms with Gasteiger partial charge in [0.15, 0.2) is 11.6 Å². The maximum absolute atomic E-state index is 13.0. The van der Waals surface area contributed by atoms with Crippen molar-refractivity contribution in [2.45, 2.75) is 19.3 Å². The summed E-state index contributed by atoms with van der Waals surface area (Å²) in [7, 11) is 0. The molecule has 0 bridgehead atoms. The minimum Gasteiger partial charge on any atom is -0.358 e. The van der Waals surface area contributed by atoms with Crippen molar-refractivity contribution in [1.29, 1.82) is 0 Å². The third-order valence-electron chi connectivity index (χ3n) is 2.89. The van der Waals surface area contributed by atoms with Crippen molar-refractivity contribution in [3.63, 3.8) is 0 Å². The third-order valence-corrected chi connectivity index (χ3v) is 2.89. The predicted molar refractivity (Wildman–Crippen MR) is 50.2 cm³/mol. The molecule has 1 heterocycles. The molecule has 1 aliphatic rings. The van der Waals surface area contributed by atoms with E-state index < -0.39 is 11.6 Å². The Morgan fingerprint density at radius 2 is 1.86 bits per heavy atom. The first-order valence-corrected chi connectivity index (χ1v) is 4.74. The largest absolute Gasteiger partial charge is 0.358 e. The molecule has 0 fully saturated rings. The topological polar surface area (TPSA) is 15.8 Å². The van der Waals surface area contributed by atoms with E-state index in [1.807, 2.05) is 0 Å². The second-order valence-electron chi connectivity index (χ2n) is 3.75. The fourth-order valence-electron chi connectivity index (χ4n) is 2.24. The lowest BCUT2D eigenvalue weighted by atomic mass is 10.1. The van der Waals surface area contributed by atoms with E-state index in [1.54, 1.807) is 0 Å². The Morgan fingerprint density at radius 3 is 2.71 bits per heavy atom. The maximum Gasteiger partial charge on any atom is 0.160 e. The van der Waals surface area contributed by atoms with Crippen LogP contribution in [-0.2, 0) is 12.8 Å². The van der Waals surface area contributed by atoms with Gasteiger partial charge in [-0.2, -0.15) is 0 Å². The number of H-pyrrole nitrogens is 1. The van der Waals surface area contributed by atoms with E-state index in [0.29, 0.717) is 5.52 Å². The van der Waals surface area contributed by atoms with Gasteiger partial charge in [0.2, 0.25) is 0 Å². The molecule has 3 rings (SSSR count). The summed E-state index contributed by atoms with van der Waals surface area (Å²) < 4.78 is 25.9. The highest BCUT2D eigenvalue weighted by Gasteiger charge is 2.18. The van der Waals surface area contributed by atoms with Crippen molar-refractivity contribution in [2.75, 3.05) is 0 Å². The summed E-state index contributed by atoms with van der Waals surface area (Å²) >= 11 is 0. The maximum atomic E-state index is 13.0. The summed E-state index contributed by atoms with van der Waals surface area (Å²) in [5, 5.41) is 0.844. The number of halogens is 2. The standard InChI is InChI=1S/C11H9F2N/c12-8-4-7-6-2-1-3-10(6)14-11(7)5-9(8)13/h4-5,14H,1-3H2. The quantitative estimate of drug-likeness (QED) is 0.662. The molecule has 1 aliphatic carbocycles. The molecule has 1 nitrogen and oxygen atoms in total. The van der Waals surface area contributed by atoms with Crippen molar-refractivity contribution in [3.05, 3.63) is 35.0 Å². The van der Waals surface area contributed by atoms with Crippen molar-refractivity contribution in [1.82, 2.24) is 4.98 Å². The minimum atomic E-state index is -0.780. The van der Waals surface area contributed by atoms with E-state index in [9.17, 15) is 8.78 Å². The van der Waals surface area contributed by atoms with Crippen LogP contribution in [0, 0.1) is 11.6 Å². The van der Waals surface area contributed by atoms with Crippen LogP contribution in [0.2, 0.25) is 0 Å².